The average Bonchev–Trinajstić information content (AvgIpc) is 2.98. The second-order valence-electron chi connectivity index (χ2n) is 6.92. The van der Waals surface area contributed by atoms with Gasteiger partial charge >= 0.3 is 0 Å². The van der Waals surface area contributed by atoms with Gasteiger partial charge in [0, 0.05) is 47.0 Å². The number of hydrogen-bond donors (Lipinski definition) is 1. The molecule has 0 saturated heterocycles. The number of aryl methyl sites for hydroxylation is 1. The number of benzene rings is 2. The van der Waals surface area contributed by atoms with Gasteiger partial charge in [-0.15, -0.1) is 0 Å². The van der Waals surface area contributed by atoms with Crippen molar-refractivity contribution in [2.24, 2.45) is 0 Å². The number of nitrogens with zero attached hydrogens (tertiary/aromatic N) is 1. The maximum atomic E-state index is 12.6. The van der Waals surface area contributed by atoms with Crippen molar-refractivity contribution in [2.45, 2.75) is 45.7 Å². The molecule has 4 heteroatoms. The van der Waals surface area contributed by atoms with Gasteiger partial charge in [0.2, 0.25) is 5.91 Å². The summed E-state index contributed by atoms with van der Waals surface area (Å²) in [5.74, 6) is 0.0171. The molecule has 1 unspecified atom stereocenters. The van der Waals surface area contributed by atoms with Gasteiger partial charge in [-0.3, -0.25) is 4.79 Å². The Labute approximate surface area is 160 Å². The largest absolute Gasteiger partial charge is 0.354 e. The van der Waals surface area contributed by atoms with E-state index in [9.17, 15) is 4.79 Å². The van der Waals surface area contributed by atoms with Crippen LogP contribution in [-0.4, -0.2) is 16.5 Å². The summed E-state index contributed by atoms with van der Waals surface area (Å²) in [7, 11) is 0. The molecule has 0 radical (unpaired) electrons. The standard InChI is InChI=1S/C22H25ClN2O/c1-4-25-14-20(18-10-5-6-11-21(18)25)19(13-22(26)24-15(2)3)16-8-7-9-17(23)12-16/h5-12,14-15,19H,4,13H2,1-3H3,(H,24,26). The van der Waals surface area contributed by atoms with Crippen molar-refractivity contribution in [1.29, 1.82) is 0 Å². The van der Waals surface area contributed by atoms with E-state index in [1.807, 2.05) is 32.0 Å². The zero-order valence-electron chi connectivity index (χ0n) is 15.5. The van der Waals surface area contributed by atoms with Crippen LogP contribution in [0, 0.1) is 0 Å². The molecule has 1 heterocycles. The third-order valence-electron chi connectivity index (χ3n) is 4.63. The Balaban J connectivity index is 2.10. The van der Waals surface area contributed by atoms with Crippen molar-refractivity contribution in [1.82, 2.24) is 9.88 Å². The number of para-hydroxylation sites is 1. The molecule has 0 aliphatic rings. The highest BCUT2D eigenvalue weighted by atomic mass is 35.5. The van der Waals surface area contributed by atoms with Crippen molar-refractivity contribution in [3.63, 3.8) is 0 Å². The minimum absolute atomic E-state index is 0.0369. The predicted molar refractivity (Wildman–Crippen MR) is 109 cm³/mol. The van der Waals surface area contributed by atoms with Gasteiger partial charge in [-0.25, -0.2) is 0 Å². The molecule has 136 valence electrons. The van der Waals surface area contributed by atoms with Crippen molar-refractivity contribution in [3.05, 3.63) is 70.9 Å². The van der Waals surface area contributed by atoms with Gasteiger partial charge < -0.3 is 9.88 Å². The number of halogens is 1. The van der Waals surface area contributed by atoms with Gasteiger partial charge in [0.1, 0.15) is 0 Å². The van der Waals surface area contributed by atoms with Gasteiger partial charge in [-0.05, 0) is 50.1 Å². The zero-order valence-corrected chi connectivity index (χ0v) is 16.3. The molecular formula is C22H25ClN2O. The Kier molecular flexibility index (Phi) is 5.67. The SMILES string of the molecule is CCn1cc(C(CC(=O)NC(C)C)c2cccc(Cl)c2)c2ccccc21. The Morgan fingerprint density at radius 3 is 2.62 bits per heavy atom. The van der Waals surface area contributed by atoms with Crippen molar-refractivity contribution >= 4 is 28.4 Å². The lowest BCUT2D eigenvalue weighted by Crippen LogP contribution is -2.31. The number of nitrogens with one attached hydrogen (secondary N) is 1. The summed E-state index contributed by atoms with van der Waals surface area (Å²) in [6, 6.07) is 16.3. The summed E-state index contributed by atoms with van der Waals surface area (Å²) in [6.07, 6.45) is 2.58. The van der Waals surface area contributed by atoms with Crippen LogP contribution in [0.1, 0.15) is 44.2 Å². The molecule has 1 amide bonds. The van der Waals surface area contributed by atoms with Gasteiger partial charge in [-0.1, -0.05) is 41.9 Å². The lowest BCUT2D eigenvalue weighted by Gasteiger charge is -2.18. The molecule has 0 aliphatic carbocycles. The lowest BCUT2D eigenvalue weighted by atomic mass is 9.88. The summed E-state index contributed by atoms with van der Waals surface area (Å²) in [6.45, 7) is 6.99. The van der Waals surface area contributed by atoms with Crippen LogP contribution in [0.2, 0.25) is 5.02 Å². The molecule has 26 heavy (non-hydrogen) atoms. The summed E-state index contributed by atoms with van der Waals surface area (Å²) in [5, 5.41) is 4.90. The van der Waals surface area contributed by atoms with E-state index in [0.29, 0.717) is 11.4 Å². The van der Waals surface area contributed by atoms with Gasteiger partial charge in [0.15, 0.2) is 0 Å². The molecule has 1 aromatic heterocycles. The summed E-state index contributed by atoms with van der Waals surface area (Å²) < 4.78 is 2.24. The molecule has 3 nitrogen and oxygen atoms in total. The number of carbonyl (C=O) groups excluding carboxylic acids is 1. The topological polar surface area (TPSA) is 34.0 Å². The number of aromatic nitrogens is 1. The fourth-order valence-corrected chi connectivity index (χ4v) is 3.71. The minimum Gasteiger partial charge on any atom is -0.354 e. The lowest BCUT2D eigenvalue weighted by molar-refractivity contribution is -0.121. The fourth-order valence-electron chi connectivity index (χ4n) is 3.51. The van der Waals surface area contributed by atoms with E-state index in [4.69, 9.17) is 11.6 Å². The Bertz CT molecular complexity index is 913. The monoisotopic (exact) mass is 368 g/mol. The number of hydrogen-bond acceptors (Lipinski definition) is 1. The molecule has 3 aromatic rings. The van der Waals surface area contributed by atoms with Crippen LogP contribution in [0.15, 0.2) is 54.7 Å². The van der Waals surface area contributed by atoms with E-state index in [2.05, 4.69) is 53.3 Å². The third kappa shape index (κ3) is 3.94. The molecule has 1 atom stereocenters. The van der Waals surface area contributed by atoms with Crippen LogP contribution in [0.3, 0.4) is 0 Å². The van der Waals surface area contributed by atoms with Crippen molar-refractivity contribution in [2.75, 3.05) is 0 Å². The summed E-state index contributed by atoms with van der Waals surface area (Å²) in [5.41, 5.74) is 3.43. The van der Waals surface area contributed by atoms with Crippen molar-refractivity contribution in [3.8, 4) is 0 Å². The highest BCUT2D eigenvalue weighted by Crippen LogP contribution is 2.35. The van der Waals surface area contributed by atoms with Gasteiger partial charge in [0.25, 0.3) is 0 Å². The Morgan fingerprint density at radius 1 is 1.15 bits per heavy atom. The number of carbonyl (C=O) groups is 1. The van der Waals surface area contributed by atoms with E-state index in [1.165, 1.54) is 16.5 Å². The number of amides is 1. The number of rotatable bonds is 6. The van der Waals surface area contributed by atoms with Crippen LogP contribution in [0.25, 0.3) is 10.9 Å². The highest BCUT2D eigenvalue weighted by molar-refractivity contribution is 6.30. The molecule has 0 bridgehead atoms. The normalized spacial score (nSPS) is 12.5. The van der Waals surface area contributed by atoms with E-state index in [-0.39, 0.29) is 17.9 Å². The van der Waals surface area contributed by atoms with E-state index < -0.39 is 0 Å². The Hall–Kier alpha value is -2.26. The molecule has 1 N–H and O–H groups in total. The quantitative estimate of drug-likeness (QED) is 0.624. The van der Waals surface area contributed by atoms with Crippen LogP contribution in [0.4, 0.5) is 0 Å². The van der Waals surface area contributed by atoms with Crippen LogP contribution < -0.4 is 5.32 Å². The maximum absolute atomic E-state index is 12.6. The molecule has 3 rings (SSSR count). The van der Waals surface area contributed by atoms with Crippen LogP contribution >= 0.6 is 11.6 Å². The molecule has 0 saturated carbocycles. The first-order chi connectivity index (χ1) is 12.5. The van der Waals surface area contributed by atoms with E-state index in [0.717, 1.165) is 12.1 Å². The number of fused-ring (bicyclic) bond motifs is 1. The van der Waals surface area contributed by atoms with E-state index in [1.54, 1.807) is 0 Å². The molecule has 0 spiro atoms. The smallest absolute Gasteiger partial charge is 0.221 e. The Morgan fingerprint density at radius 2 is 1.92 bits per heavy atom. The minimum atomic E-state index is -0.0369. The zero-order chi connectivity index (χ0) is 18.7. The first-order valence-electron chi connectivity index (χ1n) is 9.12. The average molecular weight is 369 g/mol. The molecule has 2 aromatic carbocycles. The molecular weight excluding hydrogens is 344 g/mol. The molecule has 0 aliphatic heterocycles. The predicted octanol–water partition coefficient (Wildman–Crippen LogP) is 5.36. The van der Waals surface area contributed by atoms with Crippen molar-refractivity contribution < 1.29 is 4.79 Å². The van der Waals surface area contributed by atoms with Crippen LogP contribution in [-0.2, 0) is 11.3 Å². The maximum Gasteiger partial charge on any atom is 0.221 e. The van der Waals surface area contributed by atoms with Gasteiger partial charge in [0.05, 0.1) is 0 Å². The van der Waals surface area contributed by atoms with Crippen LogP contribution in [0.5, 0.6) is 0 Å². The highest BCUT2D eigenvalue weighted by Gasteiger charge is 2.23. The van der Waals surface area contributed by atoms with E-state index >= 15 is 0 Å². The second kappa shape index (κ2) is 7.96. The summed E-state index contributed by atoms with van der Waals surface area (Å²) >= 11 is 6.24. The van der Waals surface area contributed by atoms with Gasteiger partial charge in [-0.2, -0.15) is 0 Å². The third-order valence-corrected chi connectivity index (χ3v) is 4.86. The molecule has 0 fully saturated rings. The second-order valence-corrected chi connectivity index (χ2v) is 7.36. The first-order valence-corrected chi connectivity index (χ1v) is 9.50. The first kappa shape index (κ1) is 18.5. The fraction of sp³-hybridized carbons (Fsp3) is 0.318. The summed E-state index contributed by atoms with van der Waals surface area (Å²) in [4.78, 5) is 12.6.